The molecular weight excluding hydrogens is 1120 g/mol. The monoisotopic (exact) mass is 1180 g/mol. The van der Waals surface area contributed by atoms with Crippen LogP contribution in [0.25, 0.3) is 0 Å². The molecule has 75 heavy (non-hydrogen) atoms. The van der Waals surface area contributed by atoms with Crippen LogP contribution in [0.4, 0.5) is 13.8 Å². The van der Waals surface area contributed by atoms with Gasteiger partial charge in [-0.25, -0.2) is 29.6 Å². The van der Waals surface area contributed by atoms with Crippen molar-refractivity contribution in [3.63, 3.8) is 0 Å². The Morgan fingerprint density at radius 2 is 1.13 bits per heavy atom. The first-order valence-electron chi connectivity index (χ1n) is 22.2. The van der Waals surface area contributed by atoms with Crippen molar-refractivity contribution in [2.75, 3.05) is 0 Å². The van der Waals surface area contributed by atoms with Crippen molar-refractivity contribution in [1.29, 1.82) is 0 Å². The Bertz CT molecular complexity index is 2660. The van der Waals surface area contributed by atoms with Gasteiger partial charge in [0.2, 0.25) is 0 Å². The first-order chi connectivity index (χ1) is 35.1. The second-order valence-electron chi connectivity index (χ2n) is 15.4. The third-order valence-electron chi connectivity index (χ3n) is 8.27. The van der Waals surface area contributed by atoms with Crippen LogP contribution in [-0.4, -0.2) is 73.3 Å². The summed E-state index contributed by atoms with van der Waals surface area (Å²) >= 11 is 20.3. The van der Waals surface area contributed by atoms with Gasteiger partial charge in [-0.15, -0.1) is 45.3 Å². The summed E-state index contributed by atoms with van der Waals surface area (Å²) in [6.45, 7) is 24.9. The van der Waals surface area contributed by atoms with Gasteiger partial charge in [0, 0.05) is 89.2 Å². The number of aryl methyl sites for hydroxylation is 17. The molecule has 10 heterocycles. The predicted octanol–water partition coefficient (Wildman–Crippen LogP) is 14.9. The number of hydrogen-bond donors (Lipinski definition) is 0. The fraction of sp³-hybridized carbons (Fsp3) is 0.375. The van der Waals surface area contributed by atoms with Crippen molar-refractivity contribution in [1.82, 2.24) is 68.4 Å². The van der Waals surface area contributed by atoms with E-state index < -0.39 is 11.5 Å². The average Bonchev–Trinajstić information content (AvgIpc) is 4.18. The van der Waals surface area contributed by atoms with Gasteiger partial charge in [0.25, 0.3) is 0 Å². The second-order valence-corrected chi connectivity index (χ2v) is 23.5. The second kappa shape index (κ2) is 36.4. The molecule has 0 aliphatic heterocycles. The number of rotatable bonds is 2. The molecule has 408 valence electrons. The minimum absolute atomic E-state index is 0.104. The highest BCUT2D eigenvalue weighted by molar-refractivity contribution is 7.15. The molecule has 0 saturated carbocycles. The van der Waals surface area contributed by atoms with Crippen molar-refractivity contribution >= 4 is 96.4 Å². The zero-order chi connectivity index (χ0) is 56.8. The number of halogens is 4. The van der Waals surface area contributed by atoms with Crippen molar-refractivity contribution in [3.05, 3.63) is 173 Å². The van der Waals surface area contributed by atoms with Crippen molar-refractivity contribution in [2.45, 2.75) is 103 Å². The number of nitro groups is 1. The summed E-state index contributed by atoms with van der Waals surface area (Å²) in [5.41, 5.74) is 7.33. The van der Waals surface area contributed by atoms with E-state index in [1.807, 2.05) is 126 Å². The highest BCUT2D eigenvalue weighted by atomic mass is 35.5. The molecule has 17 nitrogen and oxygen atoms in total. The molecule has 0 aliphatic rings. The molecule has 0 fully saturated rings. The van der Waals surface area contributed by atoms with E-state index in [1.54, 1.807) is 81.1 Å². The molecule has 0 atom stereocenters. The molecule has 0 aromatic carbocycles. The maximum atomic E-state index is 11.7. The van der Waals surface area contributed by atoms with Crippen LogP contribution in [0.15, 0.2) is 78.3 Å². The standard InChI is InChI=1S/C5H7ClN2.C5H6F2N2.2C5H8N2.4C5H7NS.C4H4ClNS.C4H4N2O2S/c1-4-3-5(6)7-8(4)2;1-4-2-3-9(8-4)5(6)7;1-5-3-4-7(2)6-5;1-5-3-4-6-7(5)2;2*1-4-3-7-5(2)6-4;1-4-3-6-5(2)7-4;1-4-3-5(2)7-6-4;1-3-6-2-4(5)7-3;1-3-5-2-4(9-3)6(7)8/h3H,1-2H3;2-3,5H,1H3;2*3-4H,1-2H3;4*3H,1-2H3;2H,1H3;2H,1H3. The lowest BCUT2D eigenvalue weighted by atomic mass is 10.4. The smallest absolute Gasteiger partial charge is 0.276 e. The Morgan fingerprint density at radius 1 is 0.587 bits per heavy atom. The van der Waals surface area contributed by atoms with Crippen molar-refractivity contribution in [2.24, 2.45) is 21.1 Å². The van der Waals surface area contributed by atoms with Crippen LogP contribution in [0.1, 0.15) is 81.2 Å². The summed E-state index contributed by atoms with van der Waals surface area (Å²) in [5.74, 6) is 0. The third-order valence-corrected chi connectivity index (χ3v) is 13.7. The Hall–Kier alpha value is -5.54. The molecule has 10 aromatic rings. The summed E-state index contributed by atoms with van der Waals surface area (Å²) in [7, 11) is 5.70. The Labute approximate surface area is 472 Å². The molecule has 27 heteroatoms. The molecule has 0 amide bonds. The fourth-order valence-electron chi connectivity index (χ4n) is 4.70. The van der Waals surface area contributed by atoms with Crippen molar-refractivity contribution < 1.29 is 13.7 Å². The molecule has 0 N–H and O–H groups in total. The van der Waals surface area contributed by atoms with Gasteiger partial charge in [-0.1, -0.05) is 23.2 Å². The van der Waals surface area contributed by atoms with E-state index >= 15 is 0 Å². The molecule has 10 rings (SSSR count). The summed E-state index contributed by atoms with van der Waals surface area (Å²) in [5, 5.41) is 35.3. The van der Waals surface area contributed by atoms with Gasteiger partial charge < -0.3 is 0 Å². The predicted molar refractivity (Wildman–Crippen MR) is 309 cm³/mol. The van der Waals surface area contributed by atoms with Gasteiger partial charge in [0.15, 0.2) is 5.15 Å². The SMILES string of the molecule is Cc1cc(C)sn1.Cc1cc(Cl)nn1C.Cc1ccn(C(F)F)n1.Cc1ccn(C)n1.Cc1ccnn1C.Cc1cnc(C)s1.Cc1csc(C)n1.Cc1csc(C)n1.Cc1ncc(Cl)s1.Cc1ncc([N+](=O)[O-])s1. The molecular formula is C48H65Cl2F2N15O2S6. The molecule has 0 spiro atoms. The summed E-state index contributed by atoms with van der Waals surface area (Å²) in [6, 6.07) is 9.37. The minimum atomic E-state index is -2.52. The molecule has 0 unspecified atom stereocenters. The van der Waals surface area contributed by atoms with Gasteiger partial charge in [0.1, 0.15) is 10.5 Å². The first-order valence-corrected chi connectivity index (χ1v) is 28.0. The highest BCUT2D eigenvalue weighted by Crippen LogP contribution is 2.19. The van der Waals surface area contributed by atoms with Crippen LogP contribution in [0.3, 0.4) is 0 Å². The summed E-state index contributed by atoms with van der Waals surface area (Å²) in [4.78, 5) is 32.0. The molecule has 0 saturated heterocycles. The van der Waals surface area contributed by atoms with E-state index in [0.29, 0.717) is 15.5 Å². The Kier molecular flexibility index (Phi) is 32.8. The van der Waals surface area contributed by atoms with Gasteiger partial charge in [-0.3, -0.25) is 24.2 Å². The van der Waals surface area contributed by atoms with E-state index in [1.165, 1.54) is 45.2 Å². The van der Waals surface area contributed by atoms with Crippen LogP contribution in [-0.2, 0) is 21.1 Å². The average molecular weight is 1190 g/mol. The number of hydrogen-bond acceptors (Lipinski definition) is 18. The quantitative estimate of drug-likeness (QED) is 0.118. The highest BCUT2D eigenvalue weighted by Gasteiger charge is 2.07. The number of alkyl halides is 2. The van der Waals surface area contributed by atoms with Crippen LogP contribution in [0.5, 0.6) is 0 Å². The first kappa shape index (κ1) is 67.5. The molecule has 10 aromatic heterocycles. The lowest BCUT2D eigenvalue weighted by Crippen LogP contribution is -1.97. The van der Waals surface area contributed by atoms with Gasteiger partial charge in [-0.2, -0.15) is 33.5 Å². The lowest BCUT2D eigenvalue weighted by Gasteiger charge is -1.94. The van der Waals surface area contributed by atoms with Crippen LogP contribution < -0.4 is 0 Å². The van der Waals surface area contributed by atoms with Gasteiger partial charge in [0.05, 0.1) is 53.2 Å². The number of aromatic nitrogens is 14. The van der Waals surface area contributed by atoms with E-state index in [4.69, 9.17) is 23.2 Å². The molecule has 0 bridgehead atoms. The fourth-order valence-corrected chi connectivity index (χ4v) is 8.86. The zero-order valence-corrected chi connectivity index (χ0v) is 51.5. The number of nitrogens with zero attached hydrogens (tertiary/aromatic N) is 15. The van der Waals surface area contributed by atoms with E-state index in [-0.39, 0.29) is 5.00 Å². The molecule has 0 aliphatic carbocycles. The summed E-state index contributed by atoms with van der Waals surface area (Å²) < 4.78 is 34.2. The maximum Gasteiger partial charge on any atom is 0.343 e. The van der Waals surface area contributed by atoms with Gasteiger partial charge in [-0.05, 0) is 150 Å². The summed E-state index contributed by atoms with van der Waals surface area (Å²) in [6.07, 6.45) is 9.77. The molecule has 0 radical (unpaired) electrons. The van der Waals surface area contributed by atoms with E-state index in [0.717, 1.165) is 69.2 Å². The third kappa shape index (κ3) is 32.5. The Balaban J connectivity index is 0.000000417. The van der Waals surface area contributed by atoms with Crippen LogP contribution >= 0.6 is 91.4 Å². The van der Waals surface area contributed by atoms with Crippen LogP contribution in [0.2, 0.25) is 9.49 Å². The van der Waals surface area contributed by atoms with Crippen molar-refractivity contribution in [3.8, 4) is 0 Å². The maximum absolute atomic E-state index is 11.7. The Morgan fingerprint density at radius 3 is 1.28 bits per heavy atom. The zero-order valence-electron chi connectivity index (χ0n) is 45.1. The normalized spacial score (nSPS) is 9.63. The minimum Gasteiger partial charge on any atom is -0.276 e. The van der Waals surface area contributed by atoms with Crippen LogP contribution in [0, 0.1) is 107 Å². The topological polar surface area (TPSA) is 192 Å². The lowest BCUT2D eigenvalue weighted by molar-refractivity contribution is -0.380. The van der Waals surface area contributed by atoms with E-state index in [9.17, 15) is 18.9 Å². The van der Waals surface area contributed by atoms with E-state index in [2.05, 4.69) is 80.4 Å². The van der Waals surface area contributed by atoms with Gasteiger partial charge >= 0.3 is 11.6 Å². The largest absolute Gasteiger partial charge is 0.343 e. The number of thiazole rings is 5.